The molecule has 0 bridgehead atoms. The molecule has 84 valence electrons. The lowest BCUT2D eigenvalue weighted by molar-refractivity contribution is 0.130. The molecule has 0 heterocycles. The summed E-state index contributed by atoms with van der Waals surface area (Å²) < 4.78 is 5.08. The van der Waals surface area contributed by atoms with Crippen molar-refractivity contribution in [3.8, 4) is 0 Å². The second-order valence-corrected chi connectivity index (χ2v) is 3.52. The smallest absolute Gasteiger partial charge is 0.0589 e. The summed E-state index contributed by atoms with van der Waals surface area (Å²) >= 11 is 0. The first kappa shape index (κ1) is 13.6. The molecule has 0 fully saturated rings. The lowest BCUT2D eigenvalue weighted by atomic mass is 10.2. The fourth-order valence-corrected chi connectivity index (χ4v) is 1.40. The van der Waals surface area contributed by atoms with Gasteiger partial charge in [-0.05, 0) is 26.9 Å². The van der Waals surface area contributed by atoms with Gasteiger partial charge in [-0.25, -0.2) is 0 Å². The topological polar surface area (TPSA) is 24.5 Å². The van der Waals surface area contributed by atoms with E-state index in [9.17, 15) is 0 Å². The van der Waals surface area contributed by atoms with Gasteiger partial charge < -0.3 is 10.1 Å². The third-order valence-corrected chi connectivity index (χ3v) is 2.38. The zero-order valence-corrected chi connectivity index (χ0v) is 9.75. The highest BCUT2D eigenvalue weighted by molar-refractivity contribution is 4.77. The standard InChI is InChI=1S/C11H24N2O/c1-5-8-13(9-10-14-4)11(2)6-7-12-3/h5,11-12H,1,6-10H2,2-4H3. The third-order valence-electron chi connectivity index (χ3n) is 2.38. The Morgan fingerprint density at radius 2 is 2.29 bits per heavy atom. The number of ether oxygens (including phenoxy) is 1. The summed E-state index contributed by atoms with van der Waals surface area (Å²) in [6.45, 7) is 9.78. The van der Waals surface area contributed by atoms with Crippen molar-refractivity contribution in [2.24, 2.45) is 0 Å². The van der Waals surface area contributed by atoms with Gasteiger partial charge in [-0.2, -0.15) is 0 Å². The predicted octanol–water partition coefficient (Wildman–Crippen LogP) is 1.12. The molecule has 0 aromatic carbocycles. The minimum absolute atomic E-state index is 0.579. The summed E-state index contributed by atoms with van der Waals surface area (Å²) in [5.41, 5.74) is 0. The van der Waals surface area contributed by atoms with Gasteiger partial charge >= 0.3 is 0 Å². The zero-order chi connectivity index (χ0) is 10.8. The van der Waals surface area contributed by atoms with E-state index in [1.165, 1.54) is 0 Å². The van der Waals surface area contributed by atoms with Gasteiger partial charge in [0.15, 0.2) is 0 Å². The van der Waals surface area contributed by atoms with Crippen molar-refractivity contribution in [3.63, 3.8) is 0 Å². The first-order chi connectivity index (χ1) is 6.76. The van der Waals surface area contributed by atoms with E-state index >= 15 is 0 Å². The maximum absolute atomic E-state index is 5.08. The average Bonchev–Trinajstić information content (AvgIpc) is 2.20. The molecule has 0 aromatic rings. The first-order valence-corrected chi connectivity index (χ1v) is 5.24. The van der Waals surface area contributed by atoms with Gasteiger partial charge in [0, 0.05) is 26.2 Å². The first-order valence-electron chi connectivity index (χ1n) is 5.24. The normalized spacial score (nSPS) is 13.1. The van der Waals surface area contributed by atoms with E-state index in [2.05, 4.69) is 23.7 Å². The molecule has 0 radical (unpaired) electrons. The molecule has 0 aliphatic heterocycles. The molecule has 0 aromatic heterocycles. The van der Waals surface area contributed by atoms with E-state index < -0.39 is 0 Å². The van der Waals surface area contributed by atoms with Crippen LogP contribution in [0.1, 0.15) is 13.3 Å². The van der Waals surface area contributed by atoms with Crippen molar-refractivity contribution in [3.05, 3.63) is 12.7 Å². The summed E-state index contributed by atoms with van der Waals surface area (Å²) in [6, 6.07) is 0.579. The van der Waals surface area contributed by atoms with Crippen molar-refractivity contribution < 1.29 is 4.74 Å². The number of hydrogen-bond donors (Lipinski definition) is 1. The highest BCUT2D eigenvalue weighted by atomic mass is 16.5. The molecule has 0 spiro atoms. The molecule has 1 unspecified atom stereocenters. The molecular formula is C11H24N2O. The molecule has 0 rings (SSSR count). The van der Waals surface area contributed by atoms with Crippen molar-refractivity contribution in [2.75, 3.05) is 40.4 Å². The lowest BCUT2D eigenvalue weighted by Gasteiger charge is -2.27. The molecule has 14 heavy (non-hydrogen) atoms. The SMILES string of the molecule is C=CCN(CCOC)C(C)CCNC. The Kier molecular flexibility index (Phi) is 8.94. The van der Waals surface area contributed by atoms with Crippen LogP contribution in [0, 0.1) is 0 Å². The van der Waals surface area contributed by atoms with Crippen LogP contribution in [0.4, 0.5) is 0 Å². The Labute approximate surface area is 88.1 Å². The van der Waals surface area contributed by atoms with Crippen LogP contribution in [0.3, 0.4) is 0 Å². The minimum Gasteiger partial charge on any atom is -0.383 e. The van der Waals surface area contributed by atoms with Gasteiger partial charge in [0.2, 0.25) is 0 Å². The van der Waals surface area contributed by atoms with E-state index in [0.29, 0.717) is 6.04 Å². The Hall–Kier alpha value is -0.380. The van der Waals surface area contributed by atoms with Gasteiger partial charge in [0.1, 0.15) is 0 Å². The molecule has 0 aliphatic rings. The Balaban J connectivity index is 3.83. The Morgan fingerprint density at radius 1 is 1.57 bits per heavy atom. The largest absolute Gasteiger partial charge is 0.383 e. The van der Waals surface area contributed by atoms with E-state index in [0.717, 1.165) is 32.7 Å². The quantitative estimate of drug-likeness (QED) is 0.564. The molecule has 0 aliphatic carbocycles. The summed E-state index contributed by atoms with van der Waals surface area (Å²) in [5.74, 6) is 0. The minimum atomic E-state index is 0.579. The third kappa shape index (κ3) is 6.13. The molecule has 3 heteroatoms. The second kappa shape index (κ2) is 9.19. The van der Waals surface area contributed by atoms with E-state index in [1.54, 1.807) is 7.11 Å². The molecular weight excluding hydrogens is 176 g/mol. The number of nitrogens with one attached hydrogen (secondary N) is 1. The van der Waals surface area contributed by atoms with Crippen LogP contribution >= 0.6 is 0 Å². The van der Waals surface area contributed by atoms with Crippen LogP contribution in [0.2, 0.25) is 0 Å². The second-order valence-electron chi connectivity index (χ2n) is 3.52. The highest BCUT2D eigenvalue weighted by Crippen LogP contribution is 2.02. The predicted molar refractivity (Wildman–Crippen MR) is 61.7 cm³/mol. The number of hydrogen-bond acceptors (Lipinski definition) is 3. The van der Waals surface area contributed by atoms with Crippen LogP contribution in [0.5, 0.6) is 0 Å². The van der Waals surface area contributed by atoms with Crippen molar-refractivity contribution in [2.45, 2.75) is 19.4 Å². The maximum atomic E-state index is 5.08. The number of nitrogens with zero attached hydrogens (tertiary/aromatic N) is 1. The molecule has 0 saturated heterocycles. The average molecular weight is 200 g/mol. The Morgan fingerprint density at radius 3 is 2.79 bits per heavy atom. The van der Waals surface area contributed by atoms with E-state index in [4.69, 9.17) is 4.74 Å². The zero-order valence-electron chi connectivity index (χ0n) is 9.75. The van der Waals surface area contributed by atoms with E-state index in [-0.39, 0.29) is 0 Å². The monoisotopic (exact) mass is 200 g/mol. The number of methoxy groups -OCH3 is 1. The number of rotatable bonds is 9. The van der Waals surface area contributed by atoms with Crippen molar-refractivity contribution >= 4 is 0 Å². The summed E-state index contributed by atoms with van der Waals surface area (Å²) in [6.07, 6.45) is 3.11. The summed E-state index contributed by atoms with van der Waals surface area (Å²) in [7, 11) is 3.73. The molecule has 0 amide bonds. The fraction of sp³-hybridized carbons (Fsp3) is 0.818. The highest BCUT2D eigenvalue weighted by Gasteiger charge is 2.10. The molecule has 1 atom stereocenters. The maximum Gasteiger partial charge on any atom is 0.0589 e. The van der Waals surface area contributed by atoms with Gasteiger partial charge in [0.25, 0.3) is 0 Å². The molecule has 0 saturated carbocycles. The van der Waals surface area contributed by atoms with Gasteiger partial charge in [0.05, 0.1) is 6.61 Å². The van der Waals surface area contributed by atoms with Crippen LogP contribution < -0.4 is 5.32 Å². The lowest BCUT2D eigenvalue weighted by Crippen LogP contribution is -2.37. The van der Waals surface area contributed by atoms with E-state index in [1.807, 2.05) is 13.1 Å². The summed E-state index contributed by atoms with van der Waals surface area (Å²) in [4.78, 5) is 2.38. The van der Waals surface area contributed by atoms with Crippen LogP contribution in [-0.4, -0.2) is 51.3 Å². The molecule has 1 N–H and O–H groups in total. The van der Waals surface area contributed by atoms with Crippen molar-refractivity contribution in [1.82, 2.24) is 10.2 Å². The van der Waals surface area contributed by atoms with Gasteiger partial charge in [-0.1, -0.05) is 6.08 Å². The summed E-state index contributed by atoms with van der Waals surface area (Å²) in [5, 5.41) is 3.17. The van der Waals surface area contributed by atoms with Crippen LogP contribution in [0.15, 0.2) is 12.7 Å². The fourth-order valence-electron chi connectivity index (χ4n) is 1.40. The Bertz CT molecular complexity index is 139. The van der Waals surface area contributed by atoms with Gasteiger partial charge in [-0.3, -0.25) is 4.90 Å². The molecule has 3 nitrogen and oxygen atoms in total. The van der Waals surface area contributed by atoms with Crippen molar-refractivity contribution in [1.29, 1.82) is 0 Å². The van der Waals surface area contributed by atoms with Gasteiger partial charge in [-0.15, -0.1) is 6.58 Å². The van der Waals surface area contributed by atoms with Crippen LogP contribution in [0.25, 0.3) is 0 Å². The van der Waals surface area contributed by atoms with Crippen LogP contribution in [-0.2, 0) is 4.74 Å².